The van der Waals surface area contributed by atoms with Crippen LogP contribution in [0.25, 0.3) is 5.57 Å². The number of methoxy groups -OCH3 is 1. The molecule has 1 aromatic heterocycles. The minimum Gasteiger partial charge on any atom is -0.481 e. The molecule has 0 radical (unpaired) electrons. The summed E-state index contributed by atoms with van der Waals surface area (Å²) in [4.78, 5) is 27.3. The Kier molecular flexibility index (Phi) is 3.88. The molecule has 0 unspecified atom stereocenters. The maximum atomic E-state index is 11.3. The summed E-state index contributed by atoms with van der Waals surface area (Å²) in [7, 11) is 1.48. The highest BCUT2D eigenvalue weighted by molar-refractivity contribution is 5.98. The van der Waals surface area contributed by atoms with Crippen LogP contribution in [-0.2, 0) is 4.79 Å². The molecule has 0 atom stereocenters. The van der Waals surface area contributed by atoms with Crippen molar-refractivity contribution in [2.75, 3.05) is 20.2 Å². The molecule has 1 amide bonds. The lowest BCUT2D eigenvalue weighted by molar-refractivity contribution is -0.132. The van der Waals surface area contributed by atoms with Gasteiger partial charge in [-0.3, -0.25) is 0 Å². The normalized spacial score (nSPS) is 15.2. The fourth-order valence-electron chi connectivity index (χ4n) is 2.15. The van der Waals surface area contributed by atoms with Gasteiger partial charge in [-0.1, -0.05) is 0 Å². The van der Waals surface area contributed by atoms with Crippen molar-refractivity contribution in [1.29, 1.82) is 0 Å². The molecule has 0 aromatic carbocycles. The number of nitrogens with zero attached hydrogens (tertiary/aromatic N) is 2. The van der Waals surface area contributed by atoms with E-state index in [4.69, 9.17) is 9.84 Å². The van der Waals surface area contributed by atoms with Crippen molar-refractivity contribution in [3.05, 3.63) is 29.5 Å². The third-order valence-corrected chi connectivity index (χ3v) is 3.17. The Bertz CT molecular complexity index is 582. The molecule has 0 saturated carbocycles. The molecule has 2 rings (SSSR count). The first-order valence-electron chi connectivity index (χ1n) is 5.96. The van der Waals surface area contributed by atoms with Crippen LogP contribution in [0.3, 0.4) is 0 Å². The van der Waals surface area contributed by atoms with Gasteiger partial charge in [-0.25, -0.2) is 14.6 Å². The first-order valence-corrected chi connectivity index (χ1v) is 5.96. The Morgan fingerprint density at radius 1 is 1.40 bits per heavy atom. The second-order valence-electron chi connectivity index (χ2n) is 4.30. The number of hydrogen-bond acceptors (Lipinski definition) is 4. The number of rotatable bonds is 3. The zero-order valence-corrected chi connectivity index (χ0v) is 10.9. The van der Waals surface area contributed by atoms with Gasteiger partial charge in [-0.2, -0.15) is 0 Å². The van der Waals surface area contributed by atoms with E-state index in [0.717, 1.165) is 4.90 Å². The molecule has 2 N–H and O–H groups in total. The number of hydrogen-bond donors (Lipinski definition) is 2. The second-order valence-corrected chi connectivity index (χ2v) is 4.30. The highest BCUT2D eigenvalue weighted by Gasteiger charge is 2.27. The third kappa shape index (κ3) is 2.71. The van der Waals surface area contributed by atoms with Gasteiger partial charge in [-0.05, 0) is 23.6 Å². The SMILES string of the molecule is COc1cc(C2=C(C(=O)O)CN(C(=O)O)CC2)ccn1. The lowest BCUT2D eigenvalue weighted by atomic mass is 9.94. The predicted octanol–water partition coefficient (Wildman–Crippen LogP) is 1.31. The highest BCUT2D eigenvalue weighted by atomic mass is 16.5. The van der Waals surface area contributed by atoms with Crippen molar-refractivity contribution in [2.24, 2.45) is 0 Å². The molecule has 7 heteroatoms. The van der Waals surface area contributed by atoms with Gasteiger partial charge in [-0.15, -0.1) is 0 Å². The largest absolute Gasteiger partial charge is 0.481 e. The highest BCUT2D eigenvalue weighted by Crippen LogP contribution is 2.29. The Morgan fingerprint density at radius 3 is 2.75 bits per heavy atom. The number of aliphatic carboxylic acids is 1. The van der Waals surface area contributed by atoms with Crippen molar-refractivity contribution in [3.8, 4) is 5.88 Å². The summed E-state index contributed by atoms with van der Waals surface area (Å²) in [6, 6.07) is 3.34. The standard InChI is InChI=1S/C13H14N2O5/c1-20-11-6-8(2-4-14-11)9-3-5-15(13(18)19)7-10(9)12(16)17/h2,4,6H,3,5,7H2,1H3,(H,16,17)(H,18,19). The van der Waals surface area contributed by atoms with Gasteiger partial charge in [0.25, 0.3) is 0 Å². The Morgan fingerprint density at radius 2 is 2.15 bits per heavy atom. The van der Waals surface area contributed by atoms with Crippen LogP contribution in [0.2, 0.25) is 0 Å². The third-order valence-electron chi connectivity index (χ3n) is 3.17. The van der Waals surface area contributed by atoms with Crippen LogP contribution in [0.1, 0.15) is 12.0 Å². The monoisotopic (exact) mass is 278 g/mol. The smallest absolute Gasteiger partial charge is 0.407 e. The fraction of sp³-hybridized carbons (Fsp3) is 0.308. The van der Waals surface area contributed by atoms with E-state index in [1.165, 1.54) is 13.3 Å². The summed E-state index contributed by atoms with van der Waals surface area (Å²) < 4.78 is 5.02. The lowest BCUT2D eigenvalue weighted by Crippen LogP contribution is -2.37. The van der Waals surface area contributed by atoms with Crippen molar-refractivity contribution < 1.29 is 24.5 Å². The van der Waals surface area contributed by atoms with Gasteiger partial charge in [0, 0.05) is 18.8 Å². The summed E-state index contributed by atoms with van der Waals surface area (Å²) in [6.07, 6.45) is 0.765. The van der Waals surface area contributed by atoms with Gasteiger partial charge >= 0.3 is 12.1 Å². The summed E-state index contributed by atoms with van der Waals surface area (Å²) in [6.45, 7) is 0.150. The van der Waals surface area contributed by atoms with Crippen molar-refractivity contribution >= 4 is 17.6 Å². The van der Waals surface area contributed by atoms with Crippen LogP contribution in [-0.4, -0.2) is 52.4 Å². The minimum atomic E-state index is -1.12. The maximum absolute atomic E-state index is 11.3. The molecule has 106 valence electrons. The van der Waals surface area contributed by atoms with E-state index in [1.807, 2.05) is 0 Å². The van der Waals surface area contributed by atoms with Crippen molar-refractivity contribution in [2.45, 2.75) is 6.42 Å². The number of ether oxygens (including phenoxy) is 1. The summed E-state index contributed by atoms with van der Waals surface area (Å²) >= 11 is 0. The first kappa shape index (κ1) is 13.9. The quantitative estimate of drug-likeness (QED) is 0.864. The topological polar surface area (TPSA) is 100.0 Å². The molecule has 1 aromatic rings. The zero-order valence-electron chi connectivity index (χ0n) is 10.9. The average molecular weight is 278 g/mol. The number of carbonyl (C=O) groups is 2. The Hall–Kier alpha value is -2.57. The van der Waals surface area contributed by atoms with Crippen LogP contribution >= 0.6 is 0 Å². The molecular formula is C13H14N2O5. The number of carboxylic acid groups (broad SMARTS) is 2. The van der Waals surface area contributed by atoms with Crippen LogP contribution in [0.5, 0.6) is 5.88 Å². The predicted molar refractivity (Wildman–Crippen MR) is 69.6 cm³/mol. The number of carboxylic acids is 1. The molecule has 0 spiro atoms. The van der Waals surface area contributed by atoms with Crippen LogP contribution in [0, 0.1) is 0 Å². The average Bonchev–Trinajstić information content (AvgIpc) is 2.46. The summed E-state index contributed by atoms with van der Waals surface area (Å²) in [5.41, 5.74) is 1.40. The second kappa shape index (κ2) is 5.60. The van der Waals surface area contributed by atoms with Gasteiger partial charge in [0.1, 0.15) is 0 Å². The van der Waals surface area contributed by atoms with E-state index >= 15 is 0 Å². The molecule has 0 fully saturated rings. The number of amides is 1. The van der Waals surface area contributed by atoms with E-state index < -0.39 is 12.1 Å². The van der Waals surface area contributed by atoms with Crippen LogP contribution in [0.4, 0.5) is 4.79 Å². The number of pyridine rings is 1. The number of aromatic nitrogens is 1. The molecular weight excluding hydrogens is 264 g/mol. The minimum absolute atomic E-state index is 0.0897. The molecule has 1 aliphatic heterocycles. The van der Waals surface area contributed by atoms with Crippen molar-refractivity contribution in [1.82, 2.24) is 9.88 Å². The molecule has 7 nitrogen and oxygen atoms in total. The summed E-state index contributed by atoms with van der Waals surface area (Å²) in [5.74, 6) is -0.720. The Labute approximate surface area is 115 Å². The maximum Gasteiger partial charge on any atom is 0.407 e. The van der Waals surface area contributed by atoms with E-state index in [2.05, 4.69) is 4.98 Å². The molecule has 2 heterocycles. The molecule has 20 heavy (non-hydrogen) atoms. The molecule has 0 saturated heterocycles. The van der Waals surface area contributed by atoms with Gasteiger partial charge in [0.2, 0.25) is 5.88 Å². The summed E-state index contributed by atoms with van der Waals surface area (Å²) in [5, 5.41) is 18.2. The van der Waals surface area contributed by atoms with E-state index in [0.29, 0.717) is 23.4 Å². The van der Waals surface area contributed by atoms with Gasteiger partial charge < -0.3 is 19.8 Å². The van der Waals surface area contributed by atoms with E-state index in [-0.39, 0.29) is 18.7 Å². The molecule has 0 bridgehead atoms. The first-order chi connectivity index (χ1) is 9.52. The van der Waals surface area contributed by atoms with Crippen molar-refractivity contribution in [3.63, 3.8) is 0 Å². The van der Waals surface area contributed by atoms with Crippen LogP contribution in [0.15, 0.2) is 23.9 Å². The van der Waals surface area contributed by atoms with E-state index in [9.17, 15) is 14.7 Å². The lowest BCUT2D eigenvalue weighted by Gasteiger charge is -2.27. The van der Waals surface area contributed by atoms with Crippen LogP contribution < -0.4 is 4.74 Å². The zero-order chi connectivity index (χ0) is 14.7. The van der Waals surface area contributed by atoms with Gasteiger partial charge in [0.05, 0.1) is 19.2 Å². The fourth-order valence-corrected chi connectivity index (χ4v) is 2.15. The Balaban J connectivity index is 2.42. The molecule has 1 aliphatic rings. The van der Waals surface area contributed by atoms with E-state index in [1.54, 1.807) is 12.1 Å². The molecule has 0 aliphatic carbocycles. The van der Waals surface area contributed by atoms with Gasteiger partial charge in [0.15, 0.2) is 0 Å².